The Balaban J connectivity index is 2.22. The van der Waals surface area contributed by atoms with Gasteiger partial charge in [0.2, 0.25) is 0 Å². The average Bonchev–Trinajstić information content (AvgIpc) is 2.26. The first kappa shape index (κ1) is 11.3. The van der Waals surface area contributed by atoms with Gasteiger partial charge in [-0.3, -0.25) is 0 Å². The molecule has 0 unspecified atom stereocenters. The molecule has 0 radical (unpaired) electrons. The zero-order valence-corrected chi connectivity index (χ0v) is 9.47. The Hall–Kier alpha value is -1.18. The summed E-state index contributed by atoms with van der Waals surface area (Å²) in [5.41, 5.74) is 1.29. The standard InChI is InChI=1S/C14H16F2/c1-10-5-7-11(8-6-10)9-12-13(15)3-2-4-14(12)16/h2-4,9-10H,5-8H2,1H3. The molecule has 0 N–H and O–H groups in total. The fourth-order valence-corrected chi connectivity index (χ4v) is 2.13. The number of rotatable bonds is 1. The van der Waals surface area contributed by atoms with Gasteiger partial charge in [-0.15, -0.1) is 0 Å². The lowest BCUT2D eigenvalue weighted by Gasteiger charge is -2.20. The molecule has 0 heterocycles. The van der Waals surface area contributed by atoms with E-state index < -0.39 is 11.6 Å². The maximum atomic E-state index is 13.4. The van der Waals surface area contributed by atoms with Crippen LogP contribution >= 0.6 is 0 Å². The largest absolute Gasteiger partial charge is 0.206 e. The minimum absolute atomic E-state index is 0.118. The lowest BCUT2D eigenvalue weighted by Crippen LogP contribution is -2.04. The predicted molar refractivity (Wildman–Crippen MR) is 62.0 cm³/mol. The molecule has 0 spiro atoms. The second kappa shape index (κ2) is 4.77. The first-order chi connectivity index (χ1) is 7.66. The molecule has 2 rings (SSSR count). The van der Waals surface area contributed by atoms with Crippen LogP contribution in [0, 0.1) is 17.6 Å². The molecule has 0 amide bonds. The van der Waals surface area contributed by atoms with Gasteiger partial charge in [-0.1, -0.05) is 18.6 Å². The minimum atomic E-state index is -0.467. The molecule has 86 valence electrons. The van der Waals surface area contributed by atoms with Crippen LogP contribution in [0.2, 0.25) is 0 Å². The van der Waals surface area contributed by atoms with Gasteiger partial charge in [0.05, 0.1) is 0 Å². The molecule has 1 aliphatic rings. The molecule has 1 saturated carbocycles. The van der Waals surface area contributed by atoms with Crippen molar-refractivity contribution < 1.29 is 8.78 Å². The van der Waals surface area contributed by atoms with Crippen LogP contribution in [0.4, 0.5) is 8.78 Å². The maximum Gasteiger partial charge on any atom is 0.133 e. The molecule has 0 aliphatic heterocycles. The first-order valence-electron chi connectivity index (χ1n) is 5.80. The van der Waals surface area contributed by atoms with E-state index in [0.717, 1.165) is 31.6 Å². The van der Waals surface area contributed by atoms with Crippen molar-refractivity contribution in [2.45, 2.75) is 32.6 Å². The highest BCUT2D eigenvalue weighted by Crippen LogP contribution is 2.30. The quantitative estimate of drug-likeness (QED) is 0.653. The van der Waals surface area contributed by atoms with Crippen LogP contribution in [-0.2, 0) is 0 Å². The molecule has 2 heteroatoms. The van der Waals surface area contributed by atoms with Crippen LogP contribution < -0.4 is 0 Å². The fourth-order valence-electron chi connectivity index (χ4n) is 2.13. The van der Waals surface area contributed by atoms with Crippen molar-refractivity contribution in [3.8, 4) is 0 Å². The Morgan fingerprint density at radius 1 is 1.12 bits per heavy atom. The summed E-state index contributed by atoms with van der Waals surface area (Å²) in [5, 5.41) is 0. The summed E-state index contributed by atoms with van der Waals surface area (Å²) in [6.45, 7) is 2.22. The van der Waals surface area contributed by atoms with Crippen molar-refractivity contribution in [2.75, 3.05) is 0 Å². The number of hydrogen-bond donors (Lipinski definition) is 0. The van der Waals surface area contributed by atoms with Crippen LogP contribution in [0.1, 0.15) is 38.2 Å². The second-order valence-electron chi connectivity index (χ2n) is 4.62. The highest BCUT2D eigenvalue weighted by Gasteiger charge is 2.14. The maximum absolute atomic E-state index is 13.4. The van der Waals surface area contributed by atoms with Gasteiger partial charge in [-0.2, -0.15) is 0 Å². The smallest absolute Gasteiger partial charge is 0.133 e. The summed E-state index contributed by atoms with van der Waals surface area (Å²) in [5.74, 6) is -0.195. The Labute approximate surface area is 95.0 Å². The van der Waals surface area contributed by atoms with Crippen LogP contribution in [0.15, 0.2) is 23.8 Å². The molecule has 1 aromatic rings. The minimum Gasteiger partial charge on any atom is -0.206 e. The summed E-state index contributed by atoms with van der Waals surface area (Å²) in [7, 11) is 0. The summed E-state index contributed by atoms with van der Waals surface area (Å²) in [4.78, 5) is 0. The van der Waals surface area contributed by atoms with E-state index in [0.29, 0.717) is 0 Å². The Morgan fingerprint density at radius 3 is 2.25 bits per heavy atom. The van der Waals surface area contributed by atoms with Crippen molar-refractivity contribution in [3.63, 3.8) is 0 Å². The molecular formula is C14H16F2. The zero-order valence-electron chi connectivity index (χ0n) is 9.47. The molecule has 1 aromatic carbocycles. The topological polar surface area (TPSA) is 0 Å². The molecular weight excluding hydrogens is 206 g/mol. The molecule has 0 atom stereocenters. The van der Waals surface area contributed by atoms with E-state index in [2.05, 4.69) is 6.92 Å². The molecule has 0 saturated heterocycles. The fraction of sp³-hybridized carbons (Fsp3) is 0.429. The normalized spacial score (nSPS) is 20.9. The highest BCUT2D eigenvalue weighted by molar-refractivity contribution is 5.54. The van der Waals surface area contributed by atoms with Gasteiger partial charge in [0, 0.05) is 5.56 Å². The second-order valence-corrected chi connectivity index (χ2v) is 4.62. The third kappa shape index (κ3) is 2.49. The van der Waals surface area contributed by atoms with Crippen LogP contribution in [-0.4, -0.2) is 0 Å². The number of benzene rings is 1. The molecule has 0 aromatic heterocycles. The van der Waals surface area contributed by atoms with Crippen molar-refractivity contribution in [3.05, 3.63) is 41.0 Å². The van der Waals surface area contributed by atoms with Gasteiger partial charge in [0.1, 0.15) is 11.6 Å². The molecule has 1 fully saturated rings. The lowest BCUT2D eigenvalue weighted by atomic mass is 9.86. The van der Waals surface area contributed by atoms with Gasteiger partial charge < -0.3 is 0 Å². The molecule has 1 aliphatic carbocycles. The van der Waals surface area contributed by atoms with Gasteiger partial charge in [-0.05, 0) is 49.8 Å². The van der Waals surface area contributed by atoms with E-state index in [1.54, 1.807) is 6.08 Å². The van der Waals surface area contributed by atoms with Crippen LogP contribution in [0.25, 0.3) is 6.08 Å². The summed E-state index contributed by atoms with van der Waals surface area (Å²) < 4.78 is 26.8. The summed E-state index contributed by atoms with van der Waals surface area (Å²) in [6, 6.07) is 4.01. The zero-order chi connectivity index (χ0) is 11.5. The van der Waals surface area contributed by atoms with Gasteiger partial charge >= 0.3 is 0 Å². The summed E-state index contributed by atoms with van der Waals surface area (Å²) in [6.07, 6.45) is 5.88. The number of allylic oxidation sites excluding steroid dienone is 1. The SMILES string of the molecule is CC1CCC(=Cc2c(F)cccc2F)CC1. The number of hydrogen-bond acceptors (Lipinski definition) is 0. The van der Waals surface area contributed by atoms with Crippen LogP contribution in [0.3, 0.4) is 0 Å². The van der Waals surface area contributed by atoms with E-state index in [9.17, 15) is 8.78 Å². The summed E-state index contributed by atoms with van der Waals surface area (Å²) >= 11 is 0. The average molecular weight is 222 g/mol. The lowest BCUT2D eigenvalue weighted by molar-refractivity contribution is 0.445. The van der Waals surface area contributed by atoms with Gasteiger partial charge in [0.25, 0.3) is 0 Å². The number of halogens is 2. The molecule has 0 bridgehead atoms. The van der Waals surface area contributed by atoms with E-state index in [4.69, 9.17) is 0 Å². The monoisotopic (exact) mass is 222 g/mol. The van der Waals surface area contributed by atoms with Crippen molar-refractivity contribution in [1.82, 2.24) is 0 Å². The van der Waals surface area contributed by atoms with E-state index >= 15 is 0 Å². The Bertz CT molecular complexity index is 377. The van der Waals surface area contributed by atoms with Gasteiger partial charge in [0.15, 0.2) is 0 Å². The van der Waals surface area contributed by atoms with Crippen LogP contribution in [0.5, 0.6) is 0 Å². The van der Waals surface area contributed by atoms with Crippen molar-refractivity contribution in [1.29, 1.82) is 0 Å². The van der Waals surface area contributed by atoms with Gasteiger partial charge in [-0.25, -0.2) is 8.78 Å². The predicted octanol–water partition coefficient (Wildman–Crippen LogP) is 4.56. The third-order valence-electron chi connectivity index (χ3n) is 3.26. The van der Waals surface area contributed by atoms with E-state index in [1.165, 1.54) is 23.8 Å². The molecule has 0 nitrogen and oxygen atoms in total. The highest BCUT2D eigenvalue weighted by atomic mass is 19.1. The Kier molecular flexibility index (Phi) is 3.37. The van der Waals surface area contributed by atoms with Crippen molar-refractivity contribution in [2.24, 2.45) is 5.92 Å². The van der Waals surface area contributed by atoms with E-state index in [-0.39, 0.29) is 5.56 Å². The molecule has 16 heavy (non-hydrogen) atoms. The Morgan fingerprint density at radius 2 is 1.69 bits per heavy atom. The third-order valence-corrected chi connectivity index (χ3v) is 3.26. The van der Waals surface area contributed by atoms with Crippen molar-refractivity contribution >= 4 is 6.08 Å². The van der Waals surface area contributed by atoms with E-state index in [1.807, 2.05) is 0 Å². The first-order valence-corrected chi connectivity index (χ1v) is 5.80.